The van der Waals surface area contributed by atoms with E-state index in [4.69, 9.17) is 4.74 Å². The van der Waals surface area contributed by atoms with Gasteiger partial charge in [-0.25, -0.2) is 13.9 Å². The number of aromatic nitrogens is 4. The van der Waals surface area contributed by atoms with Gasteiger partial charge in [-0.2, -0.15) is 0 Å². The van der Waals surface area contributed by atoms with Crippen molar-refractivity contribution in [1.29, 1.82) is 0 Å². The van der Waals surface area contributed by atoms with Gasteiger partial charge in [0.15, 0.2) is 6.10 Å². The molecule has 0 radical (unpaired) electrons. The molecular weight excluding hydrogens is 464 g/mol. The SMILES string of the molecule is CC.CC(=O)OC(Cn1ccnc1[N+](=O)[O-])Cn1ccnc1[N+](=O)[O-].COC(=O)c1ccccc1. The maximum atomic E-state index is 11.2. The molecule has 0 bridgehead atoms. The fourth-order valence-corrected chi connectivity index (χ4v) is 2.73. The molecule has 0 unspecified atom stereocenters. The number of nitrogens with zero attached hydrogens (tertiary/aromatic N) is 6. The summed E-state index contributed by atoms with van der Waals surface area (Å²) in [5.41, 5.74) is 0.588. The van der Waals surface area contributed by atoms with Crippen LogP contribution in [0.5, 0.6) is 0 Å². The largest absolute Gasteiger partial charge is 0.465 e. The van der Waals surface area contributed by atoms with E-state index >= 15 is 0 Å². The summed E-state index contributed by atoms with van der Waals surface area (Å²) in [6.45, 7) is 5.02. The highest BCUT2D eigenvalue weighted by molar-refractivity contribution is 5.89. The summed E-state index contributed by atoms with van der Waals surface area (Å²) < 4.78 is 12.0. The van der Waals surface area contributed by atoms with Crippen molar-refractivity contribution in [2.45, 2.75) is 40.0 Å². The summed E-state index contributed by atoms with van der Waals surface area (Å²) in [6, 6.07) is 8.88. The summed E-state index contributed by atoms with van der Waals surface area (Å²) in [5.74, 6) is -1.73. The van der Waals surface area contributed by atoms with Crippen molar-refractivity contribution in [3.05, 3.63) is 80.9 Å². The Morgan fingerprint density at radius 2 is 1.40 bits per heavy atom. The number of nitro groups is 2. The second-order valence-corrected chi connectivity index (χ2v) is 6.36. The number of rotatable bonds is 8. The smallest absolute Gasteiger partial charge is 0.434 e. The molecule has 0 aliphatic heterocycles. The molecule has 0 aliphatic carbocycles. The minimum Gasteiger partial charge on any atom is -0.465 e. The molecule has 3 rings (SSSR count). The molecule has 0 aliphatic rings. The van der Waals surface area contributed by atoms with Gasteiger partial charge >= 0.3 is 23.8 Å². The predicted molar refractivity (Wildman–Crippen MR) is 122 cm³/mol. The monoisotopic (exact) mass is 490 g/mol. The van der Waals surface area contributed by atoms with Crippen molar-refractivity contribution in [1.82, 2.24) is 19.1 Å². The van der Waals surface area contributed by atoms with Gasteiger partial charge in [-0.3, -0.25) is 4.79 Å². The lowest BCUT2D eigenvalue weighted by molar-refractivity contribution is -0.397. The highest BCUT2D eigenvalue weighted by Crippen LogP contribution is 2.14. The van der Waals surface area contributed by atoms with Gasteiger partial charge in [-0.1, -0.05) is 42.0 Å². The second kappa shape index (κ2) is 14.5. The first kappa shape index (κ1) is 28.4. The maximum Gasteiger partial charge on any atom is 0.434 e. The number of esters is 2. The van der Waals surface area contributed by atoms with Gasteiger partial charge < -0.3 is 29.7 Å². The standard InChI is InChI=1S/C11H12N6O6.C8H8O2.C2H6/c1-8(18)23-9(6-14-4-2-12-10(14)16(19)20)7-15-5-3-13-11(15)17(21)22;1-10-8(9)7-5-3-2-4-6-7;1-2/h2-5,9H,6-7H2,1H3;2-6H,1H3;1-2H3. The van der Waals surface area contributed by atoms with Crippen LogP contribution < -0.4 is 0 Å². The molecule has 2 aromatic heterocycles. The van der Waals surface area contributed by atoms with Crippen molar-refractivity contribution in [2.24, 2.45) is 0 Å². The van der Waals surface area contributed by atoms with Gasteiger partial charge in [0.1, 0.15) is 37.9 Å². The Morgan fingerprint density at radius 1 is 0.943 bits per heavy atom. The van der Waals surface area contributed by atoms with E-state index in [1.54, 1.807) is 24.3 Å². The third-order valence-corrected chi connectivity index (χ3v) is 4.04. The lowest BCUT2D eigenvalue weighted by atomic mass is 10.2. The Morgan fingerprint density at radius 3 is 1.77 bits per heavy atom. The zero-order valence-electron chi connectivity index (χ0n) is 19.6. The first-order valence-corrected chi connectivity index (χ1v) is 10.3. The van der Waals surface area contributed by atoms with Crippen LogP contribution in [0.1, 0.15) is 31.1 Å². The molecule has 0 spiro atoms. The Balaban J connectivity index is 0.000000425. The Bertz CT molecular complexity index is 1060. The van der Waals surface area contributed by atoms with Crippen LogP contribution in [0.2, 0.25) is 0 Å². The highest BCUT2D eigenvalue weighted by atomic mass is 16.6. The van der Waals surface area contributed by atoms with Crippen molar-refractivity contribution >= 4 is 23.8 Å². The van der Waals surface area contributed by atoms with E-state index in [9.17, 15) is 29.8 Å². The van der Waals surface area contributed by atoms with Crippen LogP contribution in [-0.2, 0) is 27.4 Å². The predicted octanol–water partition coefficient (Wildman–Crippen LogP) is 3.03. The molecule has 3 aromatic rings. The van der Waals surface area contributed by atoms with E-state index in [1.165, 1.54) is 48.0 Å². The third kappa shape index (κ3) is 9.03. The minimum absolute atomic E-state index is 0.0781. The van der Waals surface area contributed by atoms with Crippen molar-refractivity contribution in [3.63, 3.8) is 0 Å². The van der Waals surface area contributed by atoms with Gasteiger partial charge in [0.2, 0.25) is 0 Å². The maximum absolute atomic E-state index is 11.2. The van der Waals surface area contributed by atoms with E-state index < -0.39 is 33.8 Å². The Labute approximate surface area is 200 Å². The van der Waals surface area contributed by atoms with Crippen molar-refractivity contribution < 1.29 is 28.9 Å². The average Bonchev–Trinajstić information content (AvgIpc) is 3.50. The topological polar surface area (TPSA) is 175 Å². The van der Waals surface area contributed by atoms with E-state index in [0.717, 1.165) is 0 Å². The quantitative estimate of drug-likeness (QED) is 0.259. The zero-order valence-corrected chi connectivity index (χ0v) is 19.6. The van der Waals surface area contributed by atoms with Gasteiger partial charge in [-0.05, 0) is 22.0 Å². The van der Waals surface area contributed by atoms with Crippen molar-refractivity contribution in [2.75, 3.05) is 7.11 Å². The number of imidazole rings is 2. The number of hydrogen-bond acceptors (Lipinski definition) is 10. The van der Waals surface area contributed by atoms with Gasteiger partial charge in [-0.15, -0.1) is 0 Å². The first-order valence-electron chi connectivity index (χ1n) is 10.3. The normalized spacial score (nSPS) is 9.74. The molecule has 14 nitrogen and oxygen atoms in total. The summed E-state index contributed by atoms with van der Waals surface area (Å²) >= 11 is 0. The first-order chi connectivity index (χ1) is 16.7. The van der Waals surface area contributed by atoms with Gasteiger partial charge in [0.05, 0.1) is 12.7 Å². The molecule has 0 saturated heterocycles. The number of benzene rings is 1. The third-order valence-electron chi connectivity index (χ3n) is 4.04. The van der Waals surface area contributed by atoms with Crippen LogP contribution >= 0.6 is 0 Å². The number of hydrogen-bond donors (Lipinski definition) is 0. The highest BCUT2D eigenvalue weighted by Gasteiger charge is 2.25. The van der Waals surface area contributed by atoms with Crippen LogP contribution in [0.15, 0.2) is 55.1 Å². The van der Waals surface area contributed by atoms with E-state index in [2.05, 4.69) is 14.7 Å². The Hall–Kier alpha value is -4.62. The molecule has 188 valence electrons. The van der Waals surface area contributed by atoms with E-state index in [-0.39, 0.29) is 19.1 Å². The number of carbonyl (C=O) groups excluding carboxylic acids is 2. The molecule has 0 fully saturated rings. The molecule has 0 saturated carbocycles. The van der Waals surface area contributed by atoms with Crippen LogP contribution in [0.4, 0.5) is 11.9 Å². The van der Waals surface area contributed by atoms with Crippen LogP contribution in [-0.4, -0.2) is 54.1 Å². The van der Waals surface area contributed by atoms with Gasteiger partial charge in [0, 0.05) is 6.92 Å². The molecule has 0 amide bonds. The molecule has 1 aromatic carbocycles. The number of carbonyl (C=O) groups is 2. The van der Waals surface area contributed by atoms with Gasteiger partial charge in [0.25, 0.3) is 0 Å². The zero-order chi connectivity index (χ0) is 26.4. The summed E-state index contributed by atoms with van der Waals surface area (Å²) in [7, 11) is 1.37. The van der Waals surface area contributed by atoms with Crippen LogP contribution in [0, 0.1) is 20.2 Å². The summed E-state index contributed by atoms with van der Waals surface area (Å²) in [4.78, 5) is 49.5. The molecule has 35 heavy (non-hydrogen) atoms. The van der Waals surface area contributed by atoms with E-state index in [1.807, 2.05) is 19.9 Å². The fourth-order valence-electron chi connectivity index (χ4n) is 2.73. The number of ether oxygens (including phenoxy) is 2. The van der Waals surface area contributed by atoms with Crippen LogP contribution in [0.25, 0.3) is 0 Å². The van der Waals surface area contributed by atoms with Crippen molar-refractivity contribution in [3.8, 4) is 0 Å². The molecule has 14 heteroatoms. The second-order valence-electron chi connectivity index (χ2n) is 6.36. The number of methoxy groups -OCH3 is 1. The molecule has 0 N–H and O–H groups in total. The lowest BCUT2D eigenvalue weighted by Gasteiger charge is -2.15. The van der Waals surface area contributed by atoms with E-state index in [0.29, 0.717) is 5.56 Å². The molecule has 2 heterocycles. The van der Waals surface area contributed by atoms with Crippen LogP contribution in [0.3, 0.4) is 0 Å². The fraction of sp³-hybridized carbons (Fsp3) is 0.333. The lowest BCUT2D eigenvalue weighted by Crippen LogP contribution is -2.28. The summed E-state index contributed by atoms with van der Waals surface area (Å²) in [6.07, 6.45) is 4.33. The molecular formula is C21H26N6O8. The molecule has 0 atom stereocenters. The summed E-state index contributed by atoms with van der Waals surface area (Å²) in [5, 5.41) is 21.7. The Kier molecular flexibility index (Phi) is 11.8. The minimum atomic E-state index is -0.867. The average molecular weight is 490 g/mol.